The third-order valence-electron chi connectivity index (χ3n) is 4.15. The minimum absolute atomic E-state index is 0.303. The summed E-state index contributed by atoms with van der Waals surface area (Å²) < 4.78 is 11.2. The van der Waals surface area contributed by atoms with Gasteiger partial charge < -0.3 is 19.7 Å². The summed E-state index contributed by atoms with van der Waals surface area (Å²) in [6.45, 7) is 6.13. The second kappa shape index (κ2) is 7.04. The molecule has 1 aliphatic carbocycles. The Labute approximate surface area is 125 Å². The normalized spacial score (nSPS) is 26.0. The number of nitrogens with one attached hydrogen (secondary N) is 1. The highest BCUT2D eigenvalue weighted by atomic mass is 16.5. The molecular formula is C15H24N4O2. The number of hydrogen-bond donors (Lipinski definition) is 1. The fourth-order valence-electron chi connectivity index (χ4n) is 3.09. The van der Waals surface area contributed by atoms with Crippen LogP contribution in [0.15, 0.2) is 12.4 Å². The second-order valence-corrected chi connectivity index (χ2v) is 5.54. The number of anilines is 2. The van der Waals surface area contributed by atoms with Gasteiger partial charge in [-0.25, -0.2) is 9.97 Å². The molecule has 6 nitrogen and oxygen atoms in total. The van der Waals surface area contributed by atoms with Crippen LogP contribution in [0.1, 0.15) is 26.2 Å². The summed E-state index contributed by atoms with van der Waals surface area (Å²) in [4.78, 5) is 11.0. The highest BCUT2D eigenvalue weighted by Crippen LogP contribution is 2.25. The molecule has 2 aliphatic rings. The first-order valence-electron chi connectivity index (χ1n) is 7.89. The third-order valence-corrected chi connectivity index (χ3v) is 4.15. The number of morpholine rings is 1. The van der Waals surface area contributed by atoms with Gasteiger partial charge in [-0.05, 0) is 26.2 Å². The molecule has 0 radical (unpaired) electrons. The fourth-order valence-corrected chi connectivity index (χ4v) is 3.09. The molecule has 116 valence electrons. The van der Waals surface area contributed by atoms with Gasteiger partial charge in [0.2, 0.25) is 0 Å². The van der Waals surface area contributed by atoms with Crippen LogP contribution in [0, 0.1) is 0 Å². The highest BCUT2D eigenvalue weighted by Gasteiger charge is 2.28. The van der Waals surface area contributed by atoms with E-state index in [1.807, 2.05) is 6.07 Å². The van der Waals surface area contributed by atoms with E-state index in [2.05, 4.69) is 27.1 Å². The molecular weight excluding hydrogens is 268 g/mol. The Hall–Kier alpha value is -1.40. The van der Waals surface area contributed by atoms with Gasteiger partial charge in [-0.15, -0.1) is 0 Å². The molecule has 2 fully saturated rings. The average molecular weight is 292 g/mol. The number of aromatic nitrogens is 2. The maximum atomic E-state index is 5.80. The lowest BCUT2D eigenvalue weighted by atomic mass is 10.2. The van der Waals surface area contributed by atoms with Crippen molar-refractivity contribution in [3.8, 4) is 0 Å². The molecule has 0 aromatic carbocycles. The molecule has 6 heteroatoms. The third kappa shape index (κ3) is 3.63. The van der Waals surface area contributed by atoms with Crippen LogP contribution in [0.4, 0.5) is 11.6 Å². The van der Waals surface area contributed by atoms with Crippen LogP contribution in [0.5, 0.6) is 0 Å². The lowest BCUT2D eigenvalue weighted by Crippen LogP contribution is -2.37. The number of hydrogen-bond acceptors (Lipinski definition) is 6. The van der Waals surface area contributed by atoms with E-state index in [-0.39, 0.29) is 0 Å². The summed E-state index contributed by atoms with van der Waals surface area (Å²) in [5, 5.41) is 3.52. The van der Waals surface area contributed by atoms with Gasteiger partial charge in [0.15, 0.2) is 0 Å². The van der Waals surface area contributed by atoms with Gasteiger partial charge >= 0.3 is 0 Å². The summed E-state index contributed by atoms with van der Waals surface area (Å²) >= 11 is 0. The molecule has 1 saturated heterocycles. The predicted molar refractivity (Wildman–Crippen MR) is 81.7 cm³/mol. The zero-order valence-corrected chi connectivity index (χ0v) is 12.6. The Morgan fingerprint density at radius 2 is 2.19 bits per heavy atom. The summed E-state index contributed by atoms with van der Waals surface area (Å²) in [7, 11) is 0. The maximum absolute atomic E-state index is 5.80. The molecule has 1 aromatic heterocycles. The Morgan fingerprint density at radius 3 is 3.00 bits per heavy atom. The van der Waals surface area contributed by atoms with Gasteiger partial charge in [-0.3, -0.25) is 0 Å². The van der Waals surface area contributed by atoms with E-state index in [0.717, 1.165) is 57.4 Å². The minimum Gasteiger partial charge on any atom is -0.378 e. The van der Waals surface area contributed by atoms with Crippen molar-refractivity contribution in [2.24, 2.45) is 0 Å². The fraction of sp³-hybridized carbons (Fsp3) is 0.733. The van der Waals surface area contributed by atoms with Gasteiger partial charge in [-0.1, -0.05) is 0 Å². The van der Waals surface area contributed by atoms with E-state index >= 15 is 0 Å². The number of ether oxygens (including phenoxy) is 2. The lowest BCUT2D eigenvalue weighted by Gasteiger charge is -2.28. The van der Waals surface area contributed by atoms with E-state index in [1.54, 1.807) is 6.33 Å². The van der Waals surface area contributed by atoms with Crippen LogP contribution in [0.25, 0.3) is 0 Å². The first-order valence-corrected chi connectivity index (χ1v) is 7.89. The summed E-state index contributed by atoms with van der Waals surface area (Å²) in [6.07, 6.45) is 5.42. The van der Waals surface area contributed by atoms with Crippen LogP contribution in [0.2, 0.25) is 0 Å². The quantitative estimate of drug-likeness (QED) is 0.891. The molecule has 0 bridgehead atoms. The Balaban J connectivity index is 1.65. The molecule has 1 saturated carbocycles. The van der Waals surface area contributed by atoms with Crippen LogP contribution >= 0.6 is 0 Å². The van der Waals surface area contributed by atoms with E-state index in [4.69, 9.17) is 9.47 Å². The molecule has 2 heterocycles. The van der Waals surface area contributed by atoms with Crippen LogP contribution in [-0.2, 0) is 9.47 Å². The number of rotatable bonds is 5. The van der Waals surface area contributed by atoms with E-state index in [1.165, 1.54) is 6.42 Å². The number of nitrogens with zero attached hydrogens (tertiary/aromatic N) is 3. The van der Waals surface area contributed by atoms with Crippen molar-refractivity contribution in [1.82, 2.24) is 9.97 Å². The van der Waals surface area contributed by atoms with Crippen molar-refractivity contribution in [2.75, 3.05) is 43.1 Å². The Morgan fingerprint density at radius 1 is 1.33 bits per heavy atom. The van der Waals surface area contributed by atoms with Gasteiger partial charge in [0, 0.05) is 25.8 Å². The molecule has 1 aromatic rings. The SMILES string of the molecule is CCO[C@@H]1CCC[C@H]1Nc1cc(N2CCOCC2)ncn1. The van der Waals surface area contributed by atoms with E-state index in [0.29, 0.717) is 12.1 Å². The Kier molecular flexibility index (Phi) is 4.87. The van der Waals surface area contributed by atoms with E-state index in [9.17, 15) is 0 Å². The monoisotopic (exact) mass is 292 g/mol. The summed E-state index contributed by atoms with van der Waals surface area (Å²) in [5.41, 5.74) is 0. The van der Waals surface area contributed by atoms with Crippen molar-refractivity contribution < 1.29 is 9.47 Å². The molecule has 1 N–H and O–H groups in total. The van der Waals surface area contributed by atoms with Gasteiger partial charge in [0.05, 0.1) is 25.4 Å². The minimum atomic E-state index is 0.303. The van der Waals surface area contributed by atoms with Crippen molar-refractivity contribution in [1.29, 1.82) is 0 Å². The van der Waals surface area contributed by atoms with Crippen molar-refractivity contribution in [3.63, 3.8) is 0 Å². The van der Waals surface area contributed by atoms with Crippen LogP contribution in [0.3, 0.4) is 0 Å². The molecule has 1 aliphatic heterocycles. The first kappa shape index (κ1) is 14.5. The molecule has 3 rings (SSSR count). The largest absolute Gasteiger partial charge is 0.378 e. The highest BCUT2D eigenvalue weighted by molar-refractivity contribution is 5.49. The van der Waals surface area contributed by atoms with Crippen molar-refractivity contribution in [2.45, 2.75) is 38.3 Å². The average Bonchev–Trinajstić information content (AvgIpc) is 2.96. The lowest BCUT2D eigenvalue weighted by molar-refractivity contribution is 0.0616. The molecule has 2 atom stereocenters. The van der Waals surface area contributed by atoms with Gasteiger partial charge in [-0.2, -0.15) is 0 Å². The zero-order chi connectivity index (χ0) is 14.5. The van der Waals surface area contributed by atoms with Crippen molar-refractivity contribution in [3.05, 3.63) is 12.4 Å². The second-order valence-electron chi connectivity index (χ2n) is 5.54. The topological polar surface area (TPSA) is 59.5 Å². The predicted octanol–water partition coefficient (Wildman–Crippen LogP) is 1.68. The zero-order valence-electron chi connectivity index (χ0n) is 12.6. The van der Waals surface area contributed by atoms with Crippen LogP contribution < -0.4 is 10.2 Å². The molecule has 0 spiro atoms. The smallest absolute Gasteiger partial charge is 0.134 e. The summed E-state index contributed by atoms with van der Waals surface area (Å²) in [6, 6.07) is 2.39. The van der Waals surface area contributed by atoms with E-state index < -0.39 is 0 Å². The standard InChI is InChI=1S/C15H24N4O2/c1-2-21-13-5-3-4-12(13)18-14-10-15(17-11-16-14)19-6-8-20-9-7-19/h10-13H,2-9H2,1H3,(H,16,17,18)/t12-,13-/m1/s1. The first-order chi connectivity index (χ1) is 10.4. The molecule has 0 amide bonds. The maximum Gasteiger partial charge on any atom is 0.134 e. The van der Waals surface area contributed by atoms with Crippen LogP contribution in [-0.4, -0.2) is 55.0 Å². The van der Waals surface area contributed by atoms with Gasteiger partial charge in [0.1, 0.15) is 18.0 Å². The molecule has 0 unspecified atom stereocenters. The summed E-state index contributed by atoms with van der Waals surface area (Å²) in [5.74, 6) is 1.87. The molecule has 21 heavy (non-hydrogen) atoms. The van der Waals surface area contributed by atoms with Crippen molar-refractivity contribution >= 4 is 11.6 Å². The van der Waals surface area contributed by atoms with Gasteiger partial charge in [0.25, 0.3) is 0 Å². The Bertz CT molecular complexity index is 451.